The number of carbonyl (C=O) groups excluding carboxylic acids is 3. The lowest BCUT2D eigenvalue weighted by Gasteiger charge is -2.20. The molecule has 3 aliphatic rings. The zero-order valence-corrected chi connectivity index (χ0v) is 12.3. The number of allylic oxidation sites excluding steroid dienone is 2. The van der Waals surface area contributed by atoms with Gasteiger partial charge in [0.1, 0.15) is 0 Å². The molecule has 2 N–H and O–H groups in total. The molecule has 0 aromatic heterocycles. The highest BCUT2D eigenvalue weighted by Crippen LogP contribution is 2.52. The summed E-state index contributed by atoms with van der Waals surface area (Å²) in [5, 5.41) is 10.9. The monoisotopic (exact) mass is 312 g/mol. The van der Waals surface area contributed by atoms with Gasteiger partial charge in [0.2, 0.25) is 0 Å². The molecular weight excluding hydrogens is 296 g/mol. The van der Waals surface area contributed by atoms with Crippen molar-refractivity contribution < 1.29 is 19.5 Å². The van der Waals surface area contributed by atoms with Gasteiger partial charge in [0.15, 0.2) is 6.10 Å². The molecule has 2 bridgehead atoms. The average molecular weight is 312 g/mol. The number of benzene rings is 1. The Labute approximate surface area is 132 Å². The zero-order valence-electron chi connectivity index (χ0n) is 12.3. The number of imide groups is 1. The second kappa shape index (κ2) is 5.03. The molecule has 118 valence electrons. The van der Waals surface area contributed by atoms with E-state index in [1.54, 1.807) is 30.3 Å². The van der Waals surface area contributed by atoms with Crippen molar-refractivity contribution in [2.45, 2.75) is 12.5 Å². The highest BCUT2D eigenvalue weighted by atomic mass is 16.3. The molecule has 1 aliphatic heterocycles. The zero-order chi connectivity index (χ0) is 16.1. The second-order valence-corrected chi connectivity index (χ2v) is 6.30. The van der Waals surface area contributed by atoms with Crippen LogP contribution in [-0.2, 0) is 14.4 Å². The van der Waals surface area contributed by atoms with Gasteiger partial charge < -0.3 is 5.11 Å². The molecule has 6 nitrogen and oxygen atoms in total. The molecule has 0 radical (unpaired) electrons. The minimum Gasteiger partial charge on any atom is -0.378 e. The highest BCUT2D eigenvalue weighted by molar-refractivity contribution is 6.07. The van der Waals surface area contributed by atoms with Gasteiger partial charge in [-0.15, -0.1) is 0 Å². The van der Waals surface area contributed by atoms with Crippen LogP contribution in [-0.4, -0.2) is 27.8 Å². The quantitative estimate of drug-likeness (QED) is 0.631. The van der Waals surface area contributed by atoms with Crippen molar-refractivity contribution in [1.29, 1.82) is 0 Å². The van der Waals surface area contributed by atoms with Crippen LogP contribution >= 0.6 is 0 Å². The van der Waals surface area contributed by atoms with Crippen LogP contribution < -0.4 is 5.43 Å². The van der Waals surface area contributed by atoms with Gasteiger partial charge in [-0.3, -0.25) is 19.8 Å². The number of hydrazine groups is 1. The molecule has 1 aromatic carbocycles. The summed E-state index contributed by atoms with van der Waals surface area (Å²) >= 11 is 0. The van der Waals surface area contributed by atoms with E-state index in [1.165, 1.54) is 0 Å². The Balaban J connectivity index is 1.51. The first-order valence-corrected chi connectivity index (χ1v) is 7.67. The highest BCUT2D eigenvalue weighted by Gasteiger charge is 2.59. The predicted octanol–water partition coefficient (Wildman–Crippen LogP) is 0.558. The van der Waals surface area contributed by atoms with Crippen molar-refractivity contribution in [1.82, 2.24) is 10.4 Å². The van der Waals surface area contributed by atoms with Crippen LogP contribution in [0.25, 0.3) is 0 Å². The maximum absolute atomic E-state index is 12.5. The minimum absolute atomic E-state index is 0.0856. The molecule has 6 heteroatoms. The van der Waals surface area contributed by atoms with Crippen molar-refractivity contribution >= 4 is 17.7 Å². The van der Waals surface area contributed by atoms with Gasteiger partial charge in [-0.2, -0.15) is 5.01 Å². The number of amides is 3. The standard InChI is InChI=1S/C17H16N2O4/c20-14(9-4-2-1-3-5-9)15(21)18-19-16(22)12-10-6-7-11(8-10)13(12)17(19)23/h1-7,10-14,20H,8H2,(H,18,21)/t10-,11-,12-,13+,14-/m0/s1. The van der Waals surface area contributed by atoms with Crippen LogP contribution in [0.4, 0.5) is 0 Å². The lowest BCUT2D eigenvalue weighted by molar-refractivity contribution is -0.152. The van der Waals surface area contributed by atoms with E-state index in [-0.39, 0.29) is 35.5 Å². The van der Waals surface area contributed by atoms with Gasteiger partial charge in [-0.25, -0.2) is 0 Å². The molecule has 23 heavy (non-hydrogen) atoms. The number of aliphatic hydroxyl groups is 1. The number of carbonyl (C=O) groups is 3. The van der Waals surface area contributed by atoms with Crippen LogP contribution in [0.2, 0.25) is 0 Å². The molecule has 1 saturated carbocycles. The summed E-state index contributed by atoms with van der Waals surface area (Å²) in [6, 6.07) is 8.39. The van der Waals surface area contributed by atoms with Gasteiger partial charge in [-0.1, -0.05) is 42.5 Å². The first-order chi connectivity index (χ1) is 11.1. The Bertz CT molecular complexity index is 685. The SMILES string of the molecule is O=C(NN1C(=O)[C@@H]2[C@H](C1=O)[C@H]1C=C[C@H]2C1)[C@@H](O)c1ccccc1. The fourth-order valence-electron chi connectivity index (χ4n) is 3.97. The number of rotatable bonds is 3. The molecule has 1 aromatic rings. The summed E-state index contributed by atoms with van der Waals surface area (Å²) in [6.45, 7) is 0. The minimum atomic E-state index is -1.42. The molecule has 2 aliphatic carbocycles. The third-order valence-electron chi connectivity index (χ3n) is 5.06. The van der Waals surface area contributed by atoms with Crippen LogP contribution in [0.5, 0.6) is 0 Å². The molecule has 2 fully saturated rings. The summed E-state index contributed by atoms with van der Waals surface area (Å²) in [4.78, 5) is 37.1. The average Bonchev–Trinajstić information content (AvgIpc) is 3.24. The van der Waals surface area contributed by atoms with Gasteiger partial charge in [-0.05, 0) is 23.8 Å². The summed E-state index contributed by atoms with van der Waals surface area (Å²) in [5.74, 6) is -2.09. The lowest BCUT2D eigenvalue weighted by atomic mass is 9.85. The van der Waals surface area contributed by atoms with Crippen molar-refractivity contribution in [3.63, 3.8) is 0 Å². The normalized spacial score (nSPS) is 32.3. The second-order valence-electron chi connectivity index (χ2n) is 6.30. The van der Waals surface area contributed by atoms with Crippen LogP contribution in [0.1, 0.15) is 18.1 Å². The predicted molar refractivity (Wildman–Crippen MR) is 79.1 cm³/mol. The maximum atomic E-state index is 12.5. The van der Waals surface area contributed by atoms with E-state index < -0.39 is 12.0 Å². The Morgan fingerprint density at radius 2 is 1.65 bits per heavy atom. The number of nitrogens with one attached hydrogen (secondary N) is 1. The third-order valence-corrected chi connectivity index (χ3v) is 5.06. The molecular formula is C17H16N2O4. The number of fused-ring (bicyclic) bond motifs is 5. The lowest BCUT2D eigenvalue weighted by Crippen LogP contribution is -2.49. The number of nitrogens with zero attached hydrogens (tertiary/aromatic N) is 1. The number of hydrogen-bond donors (Lipinski definition) is 2. The Hall–Kier alpha value is -2.47. The summed E-state index contributed by atoms with van der Waals surface area (Å²) in [7, 11) is 0. The summed E-state index contributed by atoms with van der Waals surface area (Å²) < 4.78 is 0. The summed E-state index contributed by atoms with van der Waals surface area (Å²) in [5.41, 5.74) is 2.70. The Morgan fingerprint density at radius 3 is 2.22 bits per heavy atom. The molecule has 0 unspecified atom stereocenters. The molecule has 5 atom stereocenters. The molecule has 1 saturated heterocycles. The molecule has 0 spiro atoms. The van der Waals surface area contributed by atoms with Crippen LogP contribution in [0.3, 0.4) is 0 Å². The number of hydrogen-bond acceptors (Lipinski definition) is 4. The van der Waals surface area contributed by atoms with Gasteiger partial charge >= 0.3 is 0 Å². The summed E-state index contributed by atoms with van der Waals surface area (Å²) in [6.07, 6.45) is 3.39. The van der Waals surface area contributed by atoms with Crippen molar-refractivity contribution in [3.8, 4) is 0 Å². The topological polar surface area (TPSA) is 86.7 Å². The van der Waals surface area contributed by atoms with E-state index in [9.17, 15) is 19.5 Å². The van der Waals surface area contributed by atoms with E-state index in [0.717, 1.165) is 11.4 Å². The Kier molecular flexibility index (Phi) is 3.09. The van der Waals surface area contributed by atoms with E-state index in [0.29, 0.717) is 5.56 Å². The van der Waals surface area contributed by atoms with Crippen LogP contribution in [0, 0.1) is 23.7 Å². The van der Waals surface area contributed by atoms with Crippen molar-refractivity contribution in [2.24, 2.45) is 23.7 Å². The van der Waals surface area contributed by atoms with Crippen molar-refractivity contribution in [3.05, 3.63) is 48.0 Å². The van der Waals surface area contributed by atoms with E-state index >= 15 is 0 Å². The molecule has 4 rings (SSSR count). The fraction of sp³-hybridized carbons (Fsp3) is 0.353. The van der Waals surface area contributed by atoms with Crippen molar-refractivity contribution in [2.75, 3.05) is 0 Å². The first kappa shape index (κ1) is 14.1. The largest absolute Gasteiger partial charge is 0.378 e. The molecule has 3 amide bonds. The fourth-order valence-corrected chi connectivity index (χ4v) is 3.97. The Morgan fingerprint density at radius 1 is 1.09 bits per heavy atom. The van der Waals surface area contributed by atoms with E-state index in [4.69, 9.17) is 0 Å². The van der Waals surface area contributed by atoms with E-state index in [1.807, 2.05) is 12.2 Å². The van der Waals surface area contributed by atoms with E-state index in [2.05, 4.69) is 5.43 Å². The number of aliphatic hydroxyl groups excluding tert-OH is 1. The maximum Gasteiger partial charge on any atom is 0.272 e. The third kappa shape index (κ3) is 2.02. The van der Waals surface area contributed by atoms with Crippen LogP contribution in [0.15, 0.2) is 42.5 Å². The van der Waals surface area contributed by atoms with Gasteiger partial charge in [0.25, 0.3) is 17.7 Å². The van der Waals surface area contributed by atoms with Gasteiger partial charge in [0, 0.05) is 0 Å². The first-order valence-electron chi connectivity index (χ1n) is 7.67. The smallest absolute Gasteiger partial charge is 0.272 e. The molecule has 1 heterocycles. The van der Waals surface area contributed by atoms with Gasteiger partial charge in [0.05, 0.1) is 11.8 Å².